The fourth-order valence-corrected chi connectivity index (χ4v) is 4.46. The second-order valence-electron chi connectivity index (χ2n) is 8.14. The first kappa shape index (κ1) is 18.8. The SMILES string of the molecule is CN(C)Cc1ccc(C2Nc3cccc4c(=O)[nH]nc(c34)C2C2=NCNN2C)cc1. The summed E-state index contributed by atoms with van der Waals surface area (Å²) in [6.07, 6.45) is 0. The molecule has 3 N–H and O–H groups in total. The highest BCUT2D eigenvalue weighted by atomic mass is 16.1. The molecule has 0 amide bonds. The van der Waals surface area contributed by atoms with Gasteiger partial charge in [0.05, 0.1) is 23.0 Å². The molecular weight excluding hydrogens is 378 g/mol. The van der Waals surface area contributed by atoms with Crippen LogP contribution in [0.3, 0.4) is 0 Å². The number of amidine groups is 1. The van der Waals surface area contributed by atoms with Crippen LogP contribution in [-0.2, 0) is 6.54 Å². The first-order valence-corrected chi connectivity index (χ1v) is 10.1. The zero-order valence-electron chi connectivity index (χ0n) is 17.3. The third-order valence-corrected chi connectivity index (χ3v) is 5.79. The van der Waals surface area contributed by atoms with E-state index in [1.165, 1.54) is 5.56 Å². The Morgan fingerprint density at radius 2 is 1.97 bits per heavy atom. The van der Waals surface area contributed by atoms with Crippen LogP contribution < -0.4 is 16.3 Å². The molecule has 2 aliphatic heterocycles. The first-order chi connectivity index (χ1) is 14.5. The van der Waals surface area contributed by atoms with Gasteiger partial charge in [-0.25, -0.2) is 10.5 Å². The Morgan fingerprint density at radius 3 is 2.67 bits per heavy atom. The fourth-order valence-electron chi connectivity index (χ4n) is 4.46. The molecule has 0 fully saturated rings. The van der Waals surface area contributed by atoms with Crippen LogP contribution in [0.25, 0.3) is 10.8 Å². The van der Waals surface area contributed by atoms with Gasteiger partial charge < -0.3 is 10.2 Å². The molecule has 2 unspecified atom stereocenters. The number of hydrogen-bond donors (Lipinski definition) is 3. The number of aliphatic imine (C=N–C) groups is 1. The summed E-state index contributed by atoms with van der Waals surface area (Å²) in [7, 11) is 6.10. The van der Waals surface area contributed by atoms with E-state index >= 15 is 0 Å². The summed E-state index contributed by atoms with van der Waals surface area (Å²) < 4.78 is 0. The highest BCUT2D eigenvalue weighted by molar-refractivity contribution is 6.02. The van der Waals surface area contributed by atoms with Gasteiger partial charge in [-0.3, -0.25) is 14.8 Å². The van der Waals surface area contributed by atoms with Crippen LogP contribution in [0.4, 0.5) is 5.69 Å². The maximum atomic E-state index is 12.4. The molecular formula is C22H25N7O. The third-order valence-electron chi connectivity index (χ3n) is 5.79. The van der Waals surface area contributed by atoms with Crippen LogP contribution in [0.15, 0.2) is 52.3 Å². The largest absolute Gasteiger partial charge is 0.377 e. The topological polar surface area (TPSA) is 88.6 Å². The number of likely N-dealkylation sites (N-methyl/N-ethyl adjacent to an activating group) is 1. The summed E-state index contributed by atoms with van der Waals surface area (Å²) in [6, 6.07) is 14.4. The van der Waals surface area contributed by atoms with Crippen molar-refractivity contribution in [2.45, 2.75) is 18.5 Å². The number of nitrogens with zero attached hydrogens (tertiary/aromatic N) is 4. The number of H-pyrrole nitrogens is 1. The van der Waals surface area contributed by atoms with E-state index in [1.807, 2.05) is 30.3 Å². The minimum absolute atomic E-state index is 0.0593. The van der Waals surface area contributed by atoms with Crippen molar-refractivity contribution in [3.05, 3.63) is 69.6 Å². The van der Waals surface area contributed by atoms with Crippen LogP contribution in [0.1, 0.15) is 28.8 Å². The summed E-state index contributed by atoms with van der Waals surface area (Å²) >= 11 is 0. The molecule has 2 aromatic carbocycles. The zero-order valence-corrected chi connectivity index (χ0v) is 17.3. The maximum Gasteiger partial charge on any atom is 0.272 e. The lowest BCUT2D eigenvalue weighted by Gasteiger charge is -2.36. The highest BCUT2D eigenvalue weighted by Crippen LogP contribution is 2.44. The zero-order chi connectivity index (χ0) is 20.8. The third kappa shape index (κ3) is 3.05. The minimum atomic E-state index is -0.178. The van der Waals surface area contributed by atoms with Crippen LogP contribution in [0.5, 0.6) is 0 Å². The quantitative estimate of drug-likeness (QED) is 0.618. The van der Waals surface area contributed by atoms with Crippen LogP contribution in [0.2, 0.25) is 0 Å². The van der Waals surface area contributed by atoms with Gasteiger partial charge in [0.2, 0.25) is 0 Å². The van der Waals surface area contributed by atoms with Crippen molar-refractivity contribution in [3.63, 3.8) is 0 Å². The number of benzene rings is 2. The molecule has 8 nitrogen and oxygen atoms in total. The van der Waals surface area contributed by atoms with E-state index in [0.29, 0.717) is 12.1 Å². The summed E-state index contributed by atoms with van der Waals surface area (Å²) in [5, 5.41) is 14.3. The molecule has 8 heteroatoms. The predicted octanol–water partition coefficient (Wildman–Crippen LogP) is 2.04. The van der Waals surface area contributed by atoms with E-state index < -0.39 is 0 Å². The van der Waals surface area contributed by atoms with Crippen molar-refractivity contribution in [1.82, 2.24) is 25.5 Å². The molecule has 0 bridgehead atoms. The van der Waals surface area contributed by atoms with Gasteiger partial charge in [-0.2, -0.15) is 5.10 Å². The van der Waals surface area contributed by atoms with Crippen molar-refractivity contribution >= 4 is 22.3 Å². The molecule has 5 rings (SSSR count). The van der Waals surface area contributed by atoms with Crippen molar-refractivity contribution < 1.29 is 0 Å². The van der Waals surface area contributed by atoms with Crippen molar-refractivity contribution in [3.8, 4) is 0 Å². The Balaban J connectivity index is 1.66. The fraction of sp³-hybridized carbons (Fsp3) is 0.318. The van der Waals surface area contributed by atoms with Crippen molar-refractivity contribution in [1.29, 1.82) is 0 Å². The van der Waals surface area contributed by atoms with Gasteiger partial charge in [0, 0.05) is 24.7 Å². The number of hydrazine groups is 1. The molecule has 2 atom stereocenters. The normalized spacial score (nSPS) is 20.5. The molecule has 3 heterocycles. The average Bonchev–Trinajstić information content (AvgIpc) is 3.16. The molecule has 0 saturated heterocycles. The first-order valence-electron chi connectivity index (χ1n) is 10.1. The van der Waals surface area contributed by atoms with Crippen LogP contribution >= 0.6 is 0 Å². The van der Waals surface area contributed by atoms with E-state index in [-0.39, 0.29) is 17.5 Å². The van der Waals surface area contributed by atoms with E-state index in [4.69, 9.17) is 4.99 Å². The number of nitrogens with one attached hydrogen (secondary N) is 3. The monoisotopic (exact) mass is 403 g/mol. The second-order valence-corrected chi connectivity index (χ2v) is 8.14. The van der Waals surface area contributed by atoms with Crippen LogP contribution in [0, 0.1) is 0 Å². The summed E-state index contributed by atoms with van der Waals surface area (Å²) in [5.41, 5.74) is 7.24. The van der Waals surface area contributed by atoms with Gasteiger partial charge in [0.15, 0.2) is 0 Å². The van der Waals surface area contributed by atoms with Crippen molar-refractivity contribution in [2.75, 3.05) is 33.1 Å². The number of hydrogen-bond acceptors (Lipinski definition) is 7. The predicted molar refractivity (Wildman–Crippen MR) is 119 cm³/mol. The average molecular weight is 403 g/mol. The lowest BCUT2D eigenvalue weighted by molar-refractivity contribution is 0.394. The Hall–Kier alpha value is -3.23. The van der Waals surface area contributed by atoms with Crippen LogP contribution in [-0.4, -0.2) is 53.8 Å². The standard InChI is InChI=1S/C22H25N7O/c1-28(2)11-13-7-9-14(10-8-13)19-18(21-23-12-24-29(21)3)20-17-15(22(30)27-26-20)5-4-6-16(17)25-19/h4-10,18-19,24-25H,11-12H2,1-3H3,(H,27,30). The van der Waals surface area contributed by atoms with E-state index in [0.717, 1.165) is 34.7 Å². The maximum absolute atomic E-state index is 12.4. The number of aromatic amines is 1. The van der Waals surface area contributed by atoms with Gasteiger partial charge in [-0.05, 0) is 37.4 Å². The van der Waals surface area contributed by atoms with Gasteiger partial charge in [0.25, 0.3) is 5.56 Å². The highest BCUT2D eigenvalue weighted by Gasteiger charge is 2.39. The summed E-state index contributed by atoms with van der Waals surface area (Å²) in [6.45, 7) is 1.43. The Bertz CT molecular complexity index is 1180. The minimum Gasteiger partial charge on any atom is -0.377 e. The summed E-state index contributed by atoms with van der Waals surface area (Å²) in [5.74, 6) is 0.763. The second kappa shape index (κ2) is 7.23. The molecule has 0 spiro atoms. The van der Waals surface area contributed by atoms with Gasteiger partial charge in [-0.15, -0.1) is 0 Å². The lowest BCUT2D eigenvalue weighted by atomic mass is 9.83. The van der Waals surface area contributed by atoms with E-state index in [1.54, 1.807) is 0 Å². The lowest BCUT2D eigenvalue weighted by Crippen LogP contribution is -2.41. The molecule has 1 aromatic heterocycles. The smallest absolute Gasteiger partial charge is 0.272 e. The molecule has 0 saturated carbocycles. The van der Waals surface area contributed by atoms with Gasteiger partial charge in [-0.1, -0.05) is 30.3 Å². The molecule has 154 valence electrons. The molecule has 3 aromatic rings. The molecule has 30 heavy (non-hydrogen) atoms. The Morgan fingerprint density at radius 1 is 1.17 bits per heavy atom. The van der Waals surface area contributed by atoms with Crippen molar-refractivity contribution in [2.24, 2.45) is 4.99 Å². The van der Waals surface area contributed by atoms with Gasteiger partial charge >= 0.3 is 0 Å². The summed E-state index contributed by atoms with van der Waals surface area (Å²) in [4.78, 5) is 19.3. The molecule has 0 aliphatic carbocycles. The van der Waals surface area contributed by atoms with Gasteiger partial charge in [0.1, 0.15) is 12.5 Å². The number of aromatic nitrogens is 2. The molecule has 0 radical (unpaired) electrons. The Kier molecular flexibility index (Phi) is 4.52. The Labute approximate surface area is 174 Å². The van der Waals surface area contributed by atoms with E-state index in [9.17, 15) is 4.79 Å². The molecule has 2 aliphatic rings. The number of anilines is 1. The number of rotatable bonds is 4. The van der Waals surface area contributed by atoms with E-state index in [2.05, 4.69) is 64.2 Å².